The lowest BCUT2D eigenvalue weighted by atomic mass is 10.4. The molecule has 0 radical (unpaired) electrons. The van der Waals surface area contributed by atoms with Crippen molar-refractivity contribution >= 4 is 11.8 Å². The maximum atomic E-state index is 8.64. The van der Waals surface area contributed by atoms with Crippen LogP contribution in [0.1, 0.15) is 25.5 Å². The Morgan fingerprint density at radius 2 is 2.35 bits per heavy atom. The minimum Gasteiger partial charge on any atom is -0.396 e. The van der Waals surface area contributed by atoms with E-state index < -0.39 is 0 Å². The third-order valence-electron chi connectivity index (χ3n) is 2.42. The Morgan fingerprint density at radius 3 is 3.12 bits per heavy atom. The number of hydrogen-bond donors (Lipinski definition) is 2. The summed E-state index contributed by atoms with van der Waals surface area (Å²) < 4.78 is 2.06. The van der Waals surface area contributed by atoms with E-state index in [9.17, 15) is 0 Å². The van der Waals surface area contributed by atoms with E-state index in [-0.39, 0.29) is 0 Å². The zero-order chi connectivity index (χ0) is 12.3. The SMILES string of the molecule is CCCn1nccc1CNCCSCCCO. The van der Waals surface area contributed by atoms with Crippen LogP contribution in [0.2, 0.25) is 0 Å². The second-order valence-corrected chi connectivity index (χ2v) is 5.14. The molecule has 5 heteroatoms. The molecule has 1 rings (SSSR count). The molecule has 0 atom stereocenters. The molecule has 0 aliphatic heterocycles. The first kappa shape index (κ1) is 14.5. The van der Waals surface area contributed by atoms with Gasteiger partial charge in [-0.1, -0.05) is 6.92 Å². The van der Waals surface area contributed by atoms with Gasteiger partial charge in [0.25, 0.3) is 0 Å². The molecule has 1 aromatic rings. The predicted octanol–water partition coefficient (Wildman–Crippen LogP) is 1.50. The average molecular weight is 257 g/mol. The van der Waals surface area contributed by atoms with Crippen molar-refractivity contribution in [3.63, 3.8) is 0 Å². The van der Waals surface area contributed by atoms with E-state index in [0.29, 0.717) is 6.61 Å². The minimum atomic E-state index is 0.302. The lowest BCUT2D eigenvalue weighted by Gasteiger charge is -2.07. The molecule has 1 heterocycles. The van der Waals surface area contributed by atoms with Crippen LogP contribution in [-0.4, -0.2) is 39.5 Å². The number of nitrogens with zero attached hydrogens (tertiary/aromatic N) is 2. The van der Waals surface area contributed by atoms with Crippen LogP contribution >= 0.6 is 11.8 Å². The minimum absolute atomic E-state index is 0.302. The normalized spacial score (nSPS) is 10.9. The molecule has 0 amide bonds. The second-order valence-electron chi connectivity index (χ2n) is 3.91. The number of aromatic nitrogens is 2. The van der Waals surface area contributed by atoms with Crippen molar-refractivity contribution in [2.45, 2.75) is 32.9 Å². The molecule has 0 aromatic carbocycles. The predicted molar refractivity (Wildman–Crippen MR) is 73.3 cm³/mol. The third kappa shape index (κ3) is 6.10. The van der Waals surface area contributed by atoms with Crippen molar-refractivity contribution in [2.75, 3.05) is 24.7 Å². The molecule has 0 fully saturated rings. The van der Waals surface area contributed by atoms with Gasteiger partial charge >= 0.3 is 0 Å². The van der Waals surface area contributed by atoms with Crippen molar-refractivity contribution in [3.05, 3.63) is 18.0 Å². The summed E-state index contributed by atoms with van der Waals surface area (Å²) >= 11 is 1.88. The molecule has 1 aromatic heterocycles. The van der Waals surface area contributed by atoms with Crippen molar-refractivity contribution in [1.29, 1.82) is 0 Å². The number of nitrogens with one attached hydrogen (secondary N) is 1. The van der Waals surface area contributed by atoms with Crippen LogP contribution in [0.15, 0.2) is 12.3 Å². The highest BCUT2D eigenvalue weighted by Gasteiger charge is 2.00. The molecule has 98 valence electrons. The summed E-state index contributed by atoms with van der Waals surface area (Å²) in [5, 5.41) is 16.3. The lowest BCUT2D eigenvalue weighted by molar-refractivity contribution is 0.296. The van der Waals surface area contributed by atoms with Gasteiger partial charge in [-0.2, -0.15) is 16.9 Å². The first-order valence-corrected chi connectivity index (χ1v) is 7.44. The molecular weight excluding hydrogens is 234 g/mol. The van der Waals surface area contributed by atoms with Gasteiger partial charge in [-0.3, -0.25) is 4.68 Å². The lowest BCUT2D eigenvalue weighted by Crippen LogP contribution is -2.19. The molecule has 4 nitrogen and oxygen atoms in total. The highest BCUT2D eigenvalue weighted by molar-refractivity contribution is 7.99. The summed E-state index contributed by atoms with van der Waals surface area (Å²) in [6.07, 6.45) is 3.88. The van der Waals surface area contributed by atoms with Crippen LogP contribution in [0.4, 0.5) is 0 Å². The number of hydrogen-bond acceptors (Lipinski definition) is 4. The van der Waals surface area contributed by atoms with Crippen LogP contribution in [0.25, 0.3) is 0 Å². The van der Waals surface area contributed by atoms with Gasteiger partial charge in [-0.05, 0) is 24.7 Å². The zero-order valence-electron chi connectivity index (χ0n) is 10.6. The fourth-order valence-corrected chi connectivity index (χ4v) is 2.38. The Kier molecular flexibility index (Phi) is 8.13. The van der Waals surface area contributed by atoms with Crippen LogP contribution < -0.4 is 5.32 Å². The van der Waals surface area contributed by atoms with Gasteiger partial charge in [0.05, 0.1) is 5.69 Å². The smallest absolute Gasteiger partial charge is 0.0522 e. The molecule has 0 spiro atoms. The summed E-state index contributed by atoms with van der Waals surface area (Å²) in [4.78, 5) is 0. The van der Waals surface area contributed by atoms with E-state index in [1.807, 2.05) is 18.0 Å². The topological polar surface area (TPSA) is 50.1 Å². The quantitative estimate of drug-likeness (QED) is 0.624. The van der Waals surface area contributed by atoms with Crippen molar-refractivity contribution in [1.82, 2.24) is 15.1 Å². The van der Waals surface area contributed by atoms with Crippen LogP contribution in [-0.2, 0) is 13.1 Å². The average Bonchev–Trinajstić information content (AvgIpc) is 2.76. The highest BCUT2D eigenvalue weighted by Crippen LogP contribution is 2.02. The molecule has 0 aliphatic rings. The molecule has 2 N–H and O–H groups in total. The third-order valence-corrected chi connectivity index (χ3v) is 3.49. The maximum absolute atomic E-state index is 8.64. The standard InChI is InChI=1S/C12H23N3OS/c1-2-7-15-12(4-5-14-15)11-13-6-10-17-9-3-8-16/h4-5,13,16H,2-3,6-11H2,1H3. The van der Waals surface area contributed by atoms with Crippen molar-refractivity contribution < 1.29 is 5.11 Å². The highest BCUT2D eigenvalue weighted by atomic mass is 32.2. The Morgan fingerprint density at radius 1 is 1.47 bits per heavy atom. The van der Waals surface area contributed by atoms with Gasteiger partial charge < -0.3 is 10.4 Å². The monoisotopic (exact) mass is 257 g/mol. The Hall–Kier alpha value is -0.520. The van der Waals surface area contributed by atoms with Crippen molar-refractivity contribution in [3.8, 4) is 0 Å². The summed E-state index contributed by atoms with van der Waals surface area (Å²) in [6, 6.07) is 2.07. The molecule has 0 unspecified atom stereocenters. The second kappa shape index (κ2) is 9.50. The van der Waals surface area contributed by atoms with E-state index in [4.69, 9.17) is 5.11 Å². The number of aryl methyl sites for hydroxylation is 1. The van der Waals surface area contributed by atoms with E-state index in [1.165, 1.54) is 5.69 Å². The maximum Gasteiger partial charge on any atom is 0.0522 e. The summed E-state index contributed by atoms with van der Waals surface area (Å²) in [7, 11) is 0. The van der Waals surface area contributed by atoms with Crippen molar-refractivity contribution in [2.24, 2.45) is 0 Å². The van der Waals surface area contributed by atoms with E-state index in [1.54, 1.807) is 0 Å². The van der Waals surface area contributed by atoms with Gasteiger partial charge in [0.1, 0.15) is 0 Å². The number of aliphatic hydroxyl groups is 1. The van der Waals surface area contributed by atoms with Gasteiger partial charge in [-0.15, -0.1) is 0 Å². The molecule has 17 heavy (non-hydrogen) atoms. The van der Waals surface area contributed by atoms with Crippen LogP contribution in [0.3, 0.4) is 0 Å². The summed E-state index contributed by atoms with van der Waals surface area (Å²) in [5.41, 5.74) is 1.26. The van der Waals surface area contributed by atoms with E-state index in [0.717, 1.165) is 44.0 Å². The van der Waals surface area contributed by atoms with Crippen LogP contribution in [0, 0.1) is 0 Å². The fraction of sp³-hybridized carbons (Fsp3) is 0.750. The van der Waals surface area contributed by atoms with Gasteiger partial charge in [-0.25, -0.2) is 0 Å². The first-order chi connectivity index (χ1) is 8.38. The summed E-state index contributed by atoms with van der Waals surface area (Å²) in [5.74, 6) is 2.15. The Bertz CT molecular complexity index is 291. The molecule has 0 saturated carbocycles. The summed E-state index contributed by atoms with van der Waals surface area (Å²) in [6.45, 7) is 5.36. The van der Waals surface area contributed by atoms with Gasteiger partial charge in [0, 0.05) is 38.2 Å². The molecule has 0 bridgehead atoms. The van der Waals surface area contributed by atoms with Crippen LogP contribution in [0.5, 0.6) is 0 Å². The molecule has 0 saturated heterocycles. The first-order valence-electron chi connectivity index (χ1n) is 6.28. The Labute approximate surface area is 108 Å². The number of rotatable bonds is 10. The van der Waals surface area contributed by atoms with E-state index >= 15 is 0 Å². The number of aliphatic hydroxyl groups excluding tert-OH is 1. The van der Waals surface area contributed by atoms with E-state index in [2.05, 4.69) is 28.1 Å². The molecule has 0 aliphatic carbocycles. The van der Waals surface area contributed by atoms with Gasteiger partial charge in [0.15, 0.2) is 0 Å². The largest absolute Gasteiger partial charge is 0.396 e. The number of thioether (sulfide) groups is 1. The Balaban J connectivity index is 2.07. The fourth-order valence-electron chi connectivity index (χ4n) is 1.55. The zero-order valence-corrected chi connectivity index (χ0v) is 11.4. The molecular formula is C12H23N3OS. The van der Waals surface area contributed by atoms with Gasteiger partial charge in [0.2, 0.25) is 0 Å².